The Bertz CT molecular complexity index is 936. The zero-order valence-electron chi connectivity index (χ0n) is 18.4. The van der Waals surface area contributed by atoms with Gasteiger partial charge in [0.25, 0.3) is 0 Å². The largest absolute Gasteiger partial charge is 0.344 e. The number of hydrogen-bond donors (Lipinski definition) is 2. The molecule has 1 aliphatic carbocycles. The van der Waals surface area contributed by atoms with Crippen molar-refractivity contribution in [1.82, 2.24) is 9.88 Å². The molecule has 3 nitrogen and oxygen atoms in total. The zero-order chi connectivity index (χ0) is 20.8. The van der Waals surface area contributed by atoms with Crippen LogP contribution in [0.4, 0.5) is 0 Å². The van der Waals surface area contributed by atoms with Gasteiger partial charge in [-0.1, -0.05) is 67.3 Å². The minimum atomic E-state index is 0.407. The van der Waals surface area contributed by atoms with Gasteiger partial charge < -0.3 is 15.6 Å². The molecule has 2 aromatic carbocycles. The van der Waals surface area contributed by atoms with Gasteiger partial charge in [0, 0.05) is 29.1 Å². The summed E-state index contributed by atoms with van der Waals surface area (Å²) >= 11 is 0. The van der Waals surface area contributed by atoms with Crippen LogP contribution in [0, 0.1) is 6.92 Å². The molecule has 1 aromatic heterocycles. The van der Waals surface area contributed by atoms with Crippen molar-refractivity contribution in [2.75, 3.05) is 19.6 Å². The zero-order valence-corrected chi connectivity index (χ0v) is 18.4. The average molecular weight is 404 g/mol. The molecule has 160 valence electrons. The van der Waals surface area contributed by atoms with Crippen molar-refractivity contribution in [3.63, 3.8) is 0 Å². The van der Waals surface area contributed by atoms with Crippen LogP contribution in [0.5, 0.6) is 0 Å². The number of aromatic nitrogens is 1. The molecule has 0 bridgehead atoms. The predicted molar refractivity (Wildman–Crippen MR) is 128 cm³/mol. The van der Waals surface area contributed by atoms with Crippen LogP contribution in [0.3, 0.4) is 0 Å². The second-order valence-corrected chi connectivity index (χ2v) is 8.95. The fraction of sp³-hybridized carbons (Fsp3) is 0.481. The highest BCUT2D eigenvalue weighted by atomic mass is 15.0. The highest BCUT2D eigenvalue weighted by Crippen LogP contribution is 2.38. The first-order chi connectivity index (χ1) is 14.8. The molecule has 30 heavy (non-hydrogen) atoms. The Labute approximate surface area is 181 Å². The van der Waals surface area contributed by atoms with Crippen LogP contribution in [0.1, 0.15) is 73.6 Å². The summed E-state index contributed by atoms with van der Waals surface area (Å²) < 4.78 is 2.61. The number of aryl methyl sites for hydroxylation is 1. The van der Waals surface area contributed by atoms with Gasteiger partial charge in [-0.3, -0.25) is 0 Å². The number of hydrogen-bond acceptors (Lipinski definition) is 2. The maximum Gasteiger partial charge on any atom is 0.0485 e. The van der Waals surface area contributed by atoms with E-state index in [1.165, 1.54) is 59.7 Å². The van der Waals surface area contributed by atoms with Crippen LogP contribution in [0.25, 0.3) is 10.9 Å². The Balaban J connectivity index is 1.70. The van der Waals surface area contributed by atoms with Crippen LogP contribution in [0.2, 0.25) is 0 Å². The summed E-state index contributed by atoms with van der Waals surface area (Å²) in [5.41, 5.74) is 11.3. The number of nitrogens with two attached hydrogens (primary N) is 1. The fourth-order valence-electron chi connectivity index (χ4n) is 5.16. The molecule has 1 heterocycles. The monoisotopic (exact) mass is 403 g/mol. The molecule has 3 heteroatoms. The lowest BCUT2D eigenvalue weighted by Crippen LogP contribution is -2.21. The lowest BCUT2D eigenvalue weighted by atomic mass is 9.87. The maximum atomic E-state index is 5.66. The maximum absolute atomic E-state index is 5.66. The van der Waals surface area contributed by atoms with Crippen molar-refractivity contribution in [3.8, 4) is 0 Å². The van der Waals surface area contributed by atoms with Crippen LogP contribution >= 0.6 is 0 Å². The van der Waals surface area contributed by atoms with E-state index in [-0.39, 0.29) is 0 Å². The second kappa shape index (κ2) is 10.3. The van der Waals surface area contributed by atoms with Crippen molar-refractivity contribution in [2.24, 2.45) is 5.73 Å². The molecule has 1 atom stereocenters. The number of nitrogens with zero attached hydrogens (tertiary/aromatic N) is 1. The van der Waals surface area contributed by atoms with E-state index in [0.29, 0.717) is 12.0 Å². The first kappa shape index (κ1) is 21.1. The lowest BCUT2D eigenvalue weighted by Gasteiger charge is -2.24. The smallest absolute Gasteiger partial charge is 0.0485 e. The summed E-state index contributed by atoms with van der Waals surface area (Å²) in [6.07, 6.45) is 11.4. The topological polar surface area (TPSA) is 43.0 Å². The van der Waals surface area contributed by atoms with E-state index in [0.717, 1.165) is 32.5 Å². The number of rotatable bonds is 9. The highest BCUT2D eigenvalue weighted by molar-refractivity contribution is 5.85. The Morgan fingerprint density at radius 3 is 2.67 bits per heavy atom. The molecule has 3 aromatic rings. The van der Waals surface area contributed by atoms with Gasteiger partial charge in [-0.15, -0.1) is 0 Å². The van der Waals surface area contributed by atoms with Crippen LogP contribution in [-0.2, 0) is 0 Å². The average Bonchev–Trinajstić information content (AvgIpc) is 3.16. The van der Waals surface area contributed by atoms with Crippen molar-refractivity contribution < 1.29 is 0 Å². The summed E-state index contributed by atoms with van der Waals surface area (Å²) in [6.45, 7) is 4.97. The van der Waals surface area contributed by atoms with Crippen molar-refractivity contribution >= 4 is 10.9 Å². The Morgan fingerprint density at radius 1 is 1.03 bits per heavy atom. The quantitative estimate of drug-likeness (QED) is 0.436. The van der Waals surface area contributed by atoms with E-state index in [1.54, 1.807) is 0 Å². The van der Waals surface area contributed by atoms with E-state index in [9.17, 15) is 0 Å². The molecule has 1 unspecified atom stereocenters. The second-order valence-electron chi connectivity index (χ2n) is 8.95. The molecule has 0 amide bonds. The first-order valence-corrected chi connectivity index (χ1v) is 11.8. The van der Waals surface area contributed by atoms with Crippen molar-refractivity contribution in [1.29, 1.82) is 0 Å². The highest BCUT2D eigenvalue weighted by Gasteiger charge is 2.23. The minimum Gasteiger partial charge on any atom is -0.344 e. The predicted octanol–water partition coefficient (Wildman–Crippen LogP) is 5.92. The van der Waals surface area contributed by atoms with Crippen LogP contribution in [-0.4, -0.2) is 24.2 Å². The van der Waals surface area contributed by atoms with E-state index < -0.39 is 0 Å². The third-order valence-corrected chi connectivity index (χ3v) is 6.73. The summed E-state index contributed by atoms with van der Waals surface area (Å²) in [5.74, 6) is 0.407. The van der Waals surface area contributed by atoms with E-state index >= 15 is 0 Å². The Hall–Kier alpha value is -2.10. The van der Waals surface area contributed by atoms with Crippen molar-refractivity contribution in [2.45, 2.75) is 63.8 Å². The molecule has 1 saturated carbocycles. The van der Waals surface area contributed by atoms with Crippen LogP contribution < -0.4 is 11.1 Å². The normalized spacial score (nSPS) is 16.2. The third kappa shape index (κ3) is 4.79. The van der Waals surface area contributed by atoms with Gasteiger partial charge in [0.2, 0.25) is 0 Å². The fourth-order valence-corrected chi connectivity index (χ4v) is 5.16. The SMILES string of the molecule is Cc1cccc(C(CCNCCCN)c2cn(C3CCCCC3)c3ccccc23)c1. The lowest BCUT2D eigenvalue weighted by molar-refractivity contribution is 0.360. The van der Waals surface area contributed by atoms with Crippen molar-refractivity contribution in [3.05, 3.63) is 71.4 Å². The van der Waals surface area contributed by atoms with Gasteiger partial charge in [0.15, 0.2) is 0 Å². The van der Waals surface area contributed by atoms with Gasteiger partial charge in [-0.05, 0) is 69.4 Å². The van der Waals surface area contributed by atoms with Crippen LogP contribution in [0.15, 0.2) is 54.7 Å². The molecular formula is C27H37N3. The molecule has 3 N–H and O–H groups in total. The summed E-state index contributed by atoms with van der Waals surface area (Å²) in [7, 11) is 0. The molecule has 0 radical (unpaired) electrons. The molecule has 0 saturated heterocycles. The first-order valence-electron chi connectivity index (χ1n) is 11.8. The van der Waals surface area contributed by atoms with Gasteiger partial charge in [-0.2, -0.15) is 0 Å². The number of benzene rings is 2. The van der Waals surface area contributed by atoms with Gasteiger partial charge in [-0.25, -0.2) is 0 Å². The summed E-state index contributed by atoms with van der Waals surface area (Å²) in [5, 5.41) is 5.03. The van der Waals surface area contributed by atoms with E-state index in [1.807, 2.05) is 0 Å². The van der Waals surface area contributed by atoms with E-state index in [2.05, 4.69) is 71.5 Å². The molecule has 0 spiro atoms. The molecule has 1 aliphatic rings. The summed E-state index contributed by atoms with van der Waals surface area (Å²) in [4.78, 5) is 0. The number of nitrogens with one attached hydrogen (secondary N) is 1. The molecule has 4 rings (SSSR count). The molecular weight excluding hydrogens is 366 g/mol. The third-order valence-electron chi connectivity index (χ3n) is 6.73. The molecule has 0 aliphatic heterocycles. The van der Waals surface area contributed by atoms with Gasteiger partial charge in [0.05, 0.1) is 0 Å². The van der Waals surface area contributed by atoms with Gasteiger partial charge in [0.1, 0.15) is 0 Å². The number of fused-ring (bicyclic) bond motifs is 1. The molecule has 1 fully saturated rings. The Kier molecular flexibility index (Phi) is 7.24. The Morgan fingerprint density at radius 2 is 1.87 bits per heavy atom. The number of para-hydroxylation sites is 1. The van der Waals surface area contributed by atoms with E-state index in [4.69, 9.17) is 5.73 Å². The van der Waals surface area contributed by atoms with Gasteiger partial charge >= 0.3 is 0 Å². The standard InChI is InChI=1S/C27H37N3/c1-21-9-7-10-22(19-21)24(15-18-29-17-8-16-28)26-20-30(23-11-3-2-4-12-23)27-14-6-5-13-25(26)27/h5-7,9-10,13-14,19-20,23-24,29H,2-4,8,11-12,15-18,28H2,1H3. The summed E-state index contributed by atoms with van der Waals surface area (Å²) in [6, 6.07) is 18.8. The minimum absolute atomic E-state index is 0.407.